The predicted octanol–water partition coefficient (Wildman–Crippen LogP) is -0.0258. The van der Waals surface area contributed by atoms with E-state index in [1.165, 1.54) is 23.0 Å². The summed E-state index contributed by atoms with van der Waals surface area (Å²) in [6.45, 7) is 2.30. The van der Waals surface area contributed by atoms with Gasteiger partial charge >= 0.3 is 5.69 Å². The maximum atomic E-state index is 12.1. The first-order chi connectivity index (χ1) is 11.9. The third kappa shape index (κ3) is 3.38. The first kappa shape index (κ1) is 17.1. The minimum atomic E-state index is -0.438. The van der Waals surface area contributed by atoms with Crippen LogP contribution in [0.25, 0.3) is 11.2 Å². The Morgan fingerprint density at radius 3 is 2.72 bits per heavy atom. The number of imidazole rings is 1. The normalized spacial score (nSPS) is 11.2. The fraction of sp³-hybridized carbons (Fsp3) is 0.400. The van der Waals surface area contributed by atoms with Crippen molar-refractivity contribution in [3.63, 3.8) is 0 Å². The van der Waals surface area contributed by atoms with Gasteiger partial charge in [0.05, 0.1) is 17.2 Å². The highest BCUT2D eigenvalue weighted by atomic mass is 32.1. The van der Waals surface area contributed by atoms with Gasteiger partial charge in [-0.3, -0.25) is 18.7 Å². The quantitative estimate of drug-likeness (QED) is 0.662. The number of aromatic amines is 1. The molecule has 0 radical (unpaired) electrons. The average Bonchev–Trinajstić information content (AvgIpc) is 3.20. The van der Waals surface area contributed by atoms with Gasteiger partial charge in [-0.05, 0) is 6.92 Å². The van der Waals surface area contributed by atoms with Crippen molar-refractivity contribution in [1.82, 2.24) is 29.4 Å². The van der Waals surface area contributed by atoms with Crippen molar-refractivity contribution in [1.29, 1.82) is 0 Å². The number of nitrogens with one attached hydrogen (secondary N) is 2. The van der Waals surface area contributed by atoms with Crippen LogP contribution in [-0.2, 0) is 31.9 Å². The number of aryl methyl sites for hydroxylation is 3. The zero-order valence-electron chi connectivity index (χ0n) is 14.1. The van der Waals surface area contributed by atoms with Crippen molar-refractivity contribution in [2.24, 2.45) is 14.1 Å². The first-order valence-electron chi connectivity index (χ1n) is 7.69. The monoisotopic (exact) mass is 362 g/mol. The topological polar surface area (TPSA) is 115 Å². The molecule has 2 N–H and O–H groups in total. The SMILES string of the molecule is Cc1nc(CNC(=O)CCc2nc3c([nH]2)c(=O)n(C)c(=O)n3C)cs1. The Labute approximate surface area is 146 Å². The molecule has 0 aromatic carbocycles. The Balaban J connectivity index is 1.68. The molecule has 0 spiro atoms. The number of hydrogen-bond donors (Lipinski definition) is 2. The van der Waals surface area contributed by atoms with Gasteiger partial charge in [0.25, 0.3) is 5.56 Å². The summed E-state index contributed by atoms with van der Waals surface area (Å²) in [7, 11) is 2.97. The van der Waals surface area contributed by atoms with Crippen molar-refractivity contribution in [2.45, 2.75) is 26.3 Å². The van der Waals surface area contributed by atoms with Crippen LogP contribution in [0.5, 0.6) is 0 Å². The average molecular weight is 362 g/mol. The fourth-order valence-corrected chi connectivity index (χ4v) is 3.10. The van der Waals surface area contributed by atoms with Gasteiger partial charge in [-0.15, -0.1) is 11.3 Å². The first-order valence-corrected chi connectivity index (χ1v) is 8.57. The van der Waals surface area contributed by atoms with Crippen LogP contribution in [0.4, 0.5) is 0 Å². The van der Waals surface area contributed by atoms with E-state index in [0.717, 1.165) is 15.3 Å². The molecule has 0 saturated heterocycles. The van der Waals surface area contributed by atoms with E-state index in [0.29, 0.717) is 24.4 Å². The van der Waals surface area contributed by atoms with Gasteiger partial charge in [-0.25, -0.2) is 14.8 Å². The summed E-state index contributed by atoms with van der Waals surface area (Å²) in [5, 5.41) is 5.66. The lowest BCUT2D eigenvalue weighted by Crippen LogP contribution is -2.36. The van der Waals surface area contributed by atoms with E-state index in [1.54, 1.807) is 7.05 Å². The van der Waals surface area contributed by atoms with Gasteiger partial charge in [0, 0.05) is 32.3 Å². The second kappa shape index (κ2) is 6.63. The Bertz CT molecular complexity index is 1060. The minimum absolute atomic E-state index is 0.132. The molecule has 10 heteroatoms. The van der Waals surface area contributed by atoms with Gasteiger partial charge in [-0.1, -0.05) is 0 Å². The molecule has 0 bridgehead atoms. The predicted molar refractivity (Wildman–Crippen MR) is 93.6 cm³/mol. The van der Waals surface area contributed by atoms with E-state index in [2.05, 4.69) is 20.3 Å². The molecule has 0 saturated carbocycles. The molecule has 3 aromatic rings. The number of amides is 1. The van der Waals surface area contributed by atoms with Gasteiger partial charge in [-0.2, -0.15) is 0 Å². The summed E-state index contributed by atoms with van der Waals surface area (Å²) in [5.41, 5.74) is 0.518. The van der Waals surface area contributed by atoms with E-state index < -0.39 is 11.2 Å². The molecule has 0 fully saturated rings. The van der Waals surface area contributed by atoms with Crippen LogP contribution < -0.4 is 16.6 Å². The third-order valence-corrected chi connectivity index (χ3v) is 4.69. The van der Waals surface area contributed by atoms with Crippen LogP contribution in [0, 0.1) is 6.92 Å². The molecular formula is C15H18N6O3S. The molecule has 9 nitrogen and oxygen atoms in total. The molecule has 132 valence electrons. The van der Waals surface area contributed by atoms with Crippen molar-refractivity contribution in [3.05, 3.63) is 42.7 Å². The van der Waals surface area contributed by atoms with Gasteiger partial charge in [0.15, 0.2) is 5.65 Å². The zero-order valence-corrected chi connectivity index (χ0v) is 14.9. The van der Waals surface area contributed by atoms with Crippen LogP contribution in [0.15, 0.2) is 15.0 Å². The zero-order chi connectivity index (χ0) is 18.1. The third-order valence-electron chi connectivity index (χ3n) is 3.87. The van der Waals surface area contributed by atoms with Crippen molar-refractivity contribution >= 4 is 28.4 Å². The van der Waals surface area contributed by atoms with Crippen LogP contribution in [0.2, 0.25) is 0 Å². The number of carbonyl (C=O) groups is 1. The van der Waals surface area contributed by atoms with Crippen molar-refractivity contribution < 1.29 is 4.79 Å². The number of fused-ring (bicyclic) bond motifs is 1. The lowest BCUT2D eigenvalue weighted by Gasteiger charge is -2.01. The number of nitrogens with zero attached hydrogens (tertiary/aromatic N) is 4. The molecule has 1 amide bonds. The Morgan fingerprint density at radius 2 is 2.04 bits per heavy atom. The molecule has 25 heavy (non-hydrogen) atoms. The summed E-state index contributed by atoms with van der Waals surface area (Å²) in [6.07, 6.45) is 0.561. The van der Waals surface area contributed by atoms with Crippen LogP contribution in [0.3, 0.4) is 0 Å². The molecule has 0 atom stereocenters. The number of H-pyrrole nitrogens is 1. The highest BCUT2D eigenvalue weighted by Crippen LogP contribution is 2.08. The number of carbonyl (C=O) groups excluding carboxylic acids is 1. The van der Waals surface area contributed by atoms with Crippen molar-refractivity contribution in [2.75, 3.05) is 0 Å². The number of rotatable bonds is 5. The molecular weight excluding hydrogens is 344 g/mol. The second-order valence-corrected chi connectivity index (χ2v) is 6.78. The summed E-state index contributed by atoms with van der Waals surface area (Å²) in [4.78, 5) is 47.4. The lowest BCUT2D eigenvalue weighted by atomic mass is 10.3. The maximum absolute atomic E-state index is 12.1. The van der Waals surface area contributed by atoms with Gasteiger partial charge in [0.1, 0.15) is 11.3 Å². The van der Waals surface area contributed by atoms with E-state index in [4.69, 9.17) is 0 Å². The number of hydrogen-bond acceptors (Lipinski definition) is 6. The smallest absolute Gasteiger partial charge is 0.332 e. The van der Waals surface area contributed by atoms with Crippen LogP contribution in [-0.4, -0.2) is 30.0 Å². The summed E-state index contributed by atoms with van der Waals surface area (Å²) >= 11 is 1.54. The Morgan fingerprint density at radius 1 is 1.28 bits per heavy atom. The lowest BCUT2D eigenvalue weighted by molar-refractivity contribution is -0.121. The minimum Gasteiger partial charge on any atom is -0.350 e. The summed E-state index contributed by atoms with van der Waals surface area (Å²) in [5.74, 6) is 0.362. The molecule has 3 heterocycles. The molecule has 0 aliphatic carbocycles. The second-order valence-electron chi connectivity index (χ2n) is 5.72. The highest BCUT2D eigenvalue weighted by molar-refractivity contribution is 7.09. The van der Waals surface area contributed by atoms with Gasteiger partial charge in [0.2, 0.25) is 5.91 Å². The van der Waals surface area contributed by atoms with E-state index in [9.17, 15) is 14.4 Å². The summed E-state index contributed by atoms with van der Waals surface area (Å²) in [6, 6.07) is 0. The molecule has 0 aliphatic rings. The van der Waals surface area contributed by atoms with Gasteiger partial charge < -0.3 is 10.3 Å². The Kier molecular flexibility index (Phi) is 4.53. The summed E-state index contributed by atoms with van der Waals surface area (Å²) < 4.78 is 2.33. The van der Waals surface area contributed by atoms with E-state index in [1.807, 2.05) is 12.3 Å². The van der Waals surface area contributed by atoms with E-state index >= 15 is 0 Å². The van der Waals surface area contributed by atoms with Crippen LogP contribution >= 0.6 is 11.3 Å². The molecule has 3 aromatic heterocycles. The standard InChI is InChI=1S/C15H18N6O3S/c1-8-17-9(7-25-8)6-16-11(22)5-4-10-18-12-13(19-10)20(2)15(24)21(3)14(12)23/h7H,4-6H2,1-3H3,(H,16,22)(H,18,19). The maximum Gasteiger partial charge on any atom is 0.332 e. The Hall–Kier alpha value is -2.75. The van der Waals surface area contributed by atoms with Crippen molar-refractivity contribution in [3.8, 4) is 0 Å². The largest absolute Gasteiger partial charge is 0.350 e. The fourth-order valence-electron chi connectivity index (χ4n) is 2.49. The number of aromatic nitrogens is 5. The molecule has 0 unspecified atom stereocenters. The van der Waals surface area contributed by atoms with E-state index in [-0.39, 0.29) is 17.8 Å². The molecule has 0 aliphatic heterocycles. The highest BCUT2D eigenvalue weighted by Gasteiger charge is 2.14. The van der Waals surface area contributed by atoms with Crippen LogP contribution in [0.1, 0.15) is 22.9 Å². The molecule has 3 rings (SSSR count). The number of thiazole rings is 1.